The summed E-state index contributed by atoms with van der Waals surface area (Å²) in [4.78, 5) is 9.64. The summed E-state index contributed by atoms with van der Waals surface area (Å²) >= 11 is 7.55. The largest absolute Gasteiger partial charge is 0.508 e. The molecule has 0 unspecified atom stereocenters. The van der Waals surface area contributed by atoms with E-state index in [0.717, 1.165) is 27.0 Å². The monoisotopic (exact) mass is 389 g/mol. The molecule has 4 aromatic rings. The summed E-state index contributed by atoms with van der Waals surface area (Å²) < 4.78 is 0. The number of thiophene rings is 1. The zero-order valence-electron chi connectivity index (χ0n) is 12.8. The Morgan fingerprint density at radius 3 is 2.60 bits per heavy atom. The van der Waals surface area contributed by atoms with Crippen molar-refractivity contribution in [3.63, 3.8) is 0 Å². The van der Waals surface area contributed by atoms with E-state index in [2.05, 4.69) is 20.7 Å². The first-order chi connectivity index (χ1) is 11.7. The van der Waals surface area contributed by atoms with Crippen molar-refractivity contribution in [2.75, 3.05) is 5.32 Å². The van der Waals surface area contributed by atoms with Crippen LogP contribution in [0.3, 0.4) is 0 Å². The first-order valence-electron chi connectivity index (χ1n) is 7.25. The van der Waals surface area contributed by atoms with Crippen LogP contribution in [0.15, 0.2) is 60.2 Å². The highest BCUT2D eigenvalue weighted by Crippen LogP contribution is 2.37. The van der Waals surface area contributed by atoms with Gasteiger partial charge in [-0.2, -0.15) is 0 Å². The normalized spacial score (nSPS) is 10.4. The predicted molar refractivity (Wildman–Crippen MR) is 106 cm³/mol. The van der Waals surface area contributed by atoms with Crippen LogP contribution >= 0.6 is 35.3 Å². The van der Waals surface area contributed by atoms with Crippen LogP contribution < -0.4 is 5.32 Å². The van der Waals surface area contributed by atoms with Crippen molar-refractivity contribution in [3.8, 4) is 16.9 Å². The number of hydrogen-bond acceptors (Lipinski definition) is 5. The highest BCUT2D eigenvalue weighted by atomic mass is 35.5. The number of phenolic OH excluding ortho intramolecular Hbond substituents is 1. The molecule has 0 saturated heterocycles. The van der Waals surface area contributed by atoms with Crippen molar-refractivity contribution in [2.45, 2.75) is 0 Å². The van der Waals surface area contributed by atoms with Gasteiger partial charge in [-0.15, -0.1) is 23.7 Å². The third-order valence-electron chi connectivity index (χ3n) is 3.63. The summed E-state index contributed by atoms with van der Waals surface area (Å²) in [5.74, 6) is 0.908. The van der Waals surface area contributed by atoms with Crippen molar-refractivity contribution in [3.05, 3.63) is 65.3 Å². The van der Waals surface area contributed by atoms with Crippen LogP contribution in [0, 0.1) is 0 Å². The molecule has 4 nitrogen and oxygen atoms in total. The van der Waals surface area contributed by atoms with E-state index in [1.54, 1.807) is 29.5 Å². The average Bonchev–Trinajstić information content (AvgIpc) is 3.01. The van der Waals surface area contributed by atoms with Gasteiger partial charge in [0.1, 0.15) is 22.7 Å². The summed E-state index contributed by atoms with van der Waals surface area (Å²) in [5, 5.41) is 16.6. The zero-order chi connectivity index (χ0) is 16.5. The molecule has 0 aliphatic heterocycles. The maximum absolute atomic E-state index is 9.64. The standard InChI is InChI=1S/C18H12ClN3OS.ClH/c19-12-6-4-11(5-7-12)15-9-24-18-16(15)17(20-10-21-18)22-13-2-1-3-14(23)8-13;/h1-10,23H,(H,20,21,22);1H. The third kappa shape index (κ3) is 3.54. The minimum Gasteiger partial charge on any atom is -0.508 e. The summed E-state index contributed by atoms with van der Waals surface area (Å²) in [6, 6.07) is 14.6. The minimum atomic E-state index is 0. The van der Waals surface area contributed by atoms with E-state index in [9.17, 15) is 5.11 Å². The summed E-state index contributed by atoms with van der Waals surface area (Å²) in [6.45, 7) is 0. The maximum atomic E-state index is 9.64. The molecular weight excluding hydrogens is 377 g/mol. The van der Waals surface area contributed by atoms with Gasteiger partial charge >= 0.3 is 0 Å². The lowest BCUT2D eigenvalue weighted by Crippen LogP contribution is -1.95. The highest BCUT2D eigenvalue weighted by Gasteiger charge is 2.13. The fraction of sp³-hybridized carbons (Fsp3) is 0. The van der Waals surface area contributed by atoms with Crippen molar-refractivity contribution in [1.82, 2.24) is 9.97 Å². The van der Waals surface area contributed by atoms with E-state index >= 15 is 0 Å². The van der Waals surface area contributed by atoms with Crippen LogP contribution in [-0.2, 0) is 0 Å². The van der Waals surface area contributed by atoms with Gasteiger partial charge < -0.3 is 10.4 Å². The first kappa shape index (κ1) is 17.5. The number of phenols is 1. The molecule has 2 N–H and O–H groups in total. The number of benzene rings is 2. The Labute approximate surface area is 159 Å². The van der Waals surface area contributed by atoms with Gasteiger partial charge in [0.15, 0.2) is 0 Å². The second-order valence-electron chi connectivity index (χ2n) is 5.23. The lowest BCUT2D eigenvalue weighted by Gasteiger charge is -2.09. The van der Waals surface area contributed by atoms with Gasteiger partial charge in [0.25, 0.3) is 0 Å². The molecule has 7 heteroatoms. The molecule has 2 heterocycles. The number of halogens is 2. The number of rotatable bonds is 3. The van der Waals surface area contributed by atoms with Gasteiger partial charge in [-0.25, -0.2) is 9.97 Å². The van der Waals surface area contributed by atoms with Crippen LogP contribution in [0.1, 0.15) is 0 Å². The molecular formula is C18H13Cl2N3OS. The molecule has 0 aliphatic carbocycles. The van der Waals surface area contributed by atoms with E-state index in [-0.39, 0.29) is 18.2 Å². The summed E-state index contributed by atoms with van der Waals surface area (Å²) in [5.41, 5.74) is 2.87. The number of fused-ring (bicyclic) bond motifs is 1. The fourth-order valence-electron chi connectivity index (χ4n) is 2.53. The number of anilines is 2. The minimum absolute atomic E-state index is 0. The number of aromatic hydroxyl groups is 1. The van der Waals surface area contributed by atoms with E-state index in [1.807, 2.05) is 30.3 Å². The molecule has 2 aromatic heterocycles. The Hall–Kier alpha value is -2.34. The van der Waals surface area contributed by atoms with Crippen LogP contribution in [0.2, 0.25) is 5.02 Å². The molecule has 0 fully saturated rings. The topological polar surface area (TPSA) is 58.0 Å². The van der Waals surface area contributed by atoms with Gasteiger partial charge in [-0.3, -0.25) is 0 Å². The molecule has 25 heavy (non-hydrogen) atoms. The molecule has 126 valence electrons. The molecule has 4 rings (SSSR count). The molecule has 2 aromatic carbocycles. The van der Waals surface area contributed by atoms with E-state index in [4.69, 9.17) is 11.6 Å². The van der Waals surface area contributed by atoms with Crippen molar-refractivity contribution in [2.24, 2.45) is 0 Å². The van der Waals surface area contributed by atoms with Crippen molar-refractivity contribution in [1.29, 1.82) is 0 Å². The second-order valence-corrected chi connectivity index (χ2v) is 6.53. The Bertz CT molecular complexity index is 1020. The van der Waals surface area contributed by atoms with Crippen molar-refractivity contribution >= 4 is 57.1 Å². The first-order valence-corrected chi connectivity index (χ1v) is 8.51. The summed E-state index contributed by atoms with van der Waals surface area (Å²) in [7, 11) is 0. The van der Waals surface area contributed by atoms with Gasteiger partial charge in [0, 0.05) is 27.7 Å². The Morgan fingerprint density at radius 1 is 1.04 bits per heavy atom. The molecule has 0 spiro atoms. The quantitative estimate of drug-likeness (QED) is 0.459. The number of nitrogens with zero attached hydrogens (tertiary/aromatic N) is 2. The zero-order valence-corrected chi connectivity index (χ0v) is 15.2. The average molecular weight is 390 g/mol. The molecule has 0 aliphatic rings. The lowest BCUT2D eigenvalue weighted by molar-refractivity contribution is 0.475. The van der Waals surface area contributed by atoms with E-state index in [1.165, 1.54) is 6.33 Å². The fourth-order valence-corrected chi connectivity index (χ4v) is 3.57. The molecule has 0 saturated carbocycles. The molecule has 0 radical (unpaired) electrons. The lowest BCUT2D eigenvalue weighted by atomic mass is 10.1. The van der Waals surface area contributed by atoms with Crippen LogP contribution in [0.25, 0.3) is 21.3 Å². The van der Waals surface area contributed by atoms with E-state index < -0.39 is 0 Å². The second kappa shape index (κ2) is 7.27. The predicted octanol–water partition coefficient (Wildman–Crippen LogP) is 5.88. The number of nitrogens with one attached hydrogen (secondary N) is 1. The Morgan fingerprint density at radius 2 is 1.84 bits per heavy atom. The SMILES string of the molecule is Cl.Oc1cccc(Nc2ncnc3scc(-c4ccc(Cl)cc4)c23)c1. The molecule has 0 atom stereocenters. The molecule has 0 amide bonds. The van der Waals surface area contributed by atoms with Gasteiger partial charge in [-0.05, 0) is 29.8 Å². The Balaban J connectivity index is 0.00000182. The summed E-state index contributed by atoms with van der Waals surface area (Å²) in [6.07, 6.45) is 1.54. The Kier molecular flexibility index (Phi) is 5.08. The maximum Gasteiger partial charge on any atom is 0.143 e. The van der Waals surface area contributed by atoms with Crippen LogP contribution in [0.4, 0.5) is 11.5 Å². The third-order valence-corrected chi connectivity index (χ3v) is 4.77. The van der Waals surface area contributed by atoms with E-state index in [0.29, 0.717) is 10.8 Å². The number of aromatic nitrogens is 2. The van der Waals surface area contributed by atoms with Gasteiger partial charge in [0.2, 0.25) is 0 Å². The van der Waals surface area contributed by atoms with Crippen LogP contribution in [-0.4, -0.2) is 15.1 Å². The number of hydrogen-bond donors (Lipinski definition) is 2. The smallest absolute Gasteiger partial charge is 0.143 e. The molecule has 0 bridgehead atoms. The van der Waals surface area contributed by atoms with Gasteiger partial charge in [-0.1, -0.05) is 29.8 Å². The van der Waals surface area contributed by atoms with Crippen LogP contribution in [0.5, 0.6) is 5.75 Å². The van der Waals surface area contributed by atoms with Gasteiger partial charge in [0.05, 0.1) is 5.39 Å². The van der Waals surface area contributed by atoms with Crippen molar-refractivity contribution < 1.29 is 5.11 Å². The highest BCUT2D eigenvalue weighted by molar-refractivity contribution is 7.17.